The molecule has 3 atom stereocenters. The SMILES string of the molecule is CC1=C(CC(C)(C)O)C(O)C2(C)CCCC2(C)C1. The van der Waals surface area contributed by atoms with Gasteiger partial charge >= 0.3 is 0 Å². The average molecular weight is 252 g/mol. The van der Waals surface area contributed by atoms with Gasteiger partial charge in [0.1, 0.15) is 0 Å². The van der Waals surface area contributed by atoms with Crippen LogP contribution in [0.25, 0.3) is 0 Å². The van der Waals surface area contributed by atoms with Crippen molar-refractivity contribution in [1.82, 2.24) is 0 Å². The van der Waals surface area contributed by atoms with E-state index in [2.05, 4.69) is 20.8 Å². The smallest absolute Gasteiger partial charge is 0.0812 e. The Bertz CT molecular complexity index is 377. The quantitative estimate of drug-likeness (QED) is 0.739. The van der Waals surface area contributed by atoms with Gasteiger partial charge in [-0.15, -0.1) is 0 Å². The summed E-state index contributed by atoms with van der Waals surface area (Å²) in [5.74, 6) is 0. The molecule has 0 aliphatic heterocycles. The van der Waals surface area contributed by atoms with Crippen molar-refractivity contribution >= 4 is 0 Å². The van der Waals surface area contributed by atoms with E-state index in [0.717, 1.165) is 18.4 Å². The second kappa shape index (κ2) is 4.08. The number of aliphatic hydroxyl groups excluding tert-OH is 1. The Hall–Kier alpha value is -0.340. The fourth-order valence-corrected chi connectivity index (χ4v) is 4.22. The fourth-order valence-electron chi connectivity index (χ4n) is 4.22. The summed E-state index contributed by atoms with van der Waals surface area (Å²) in [5.41, 5.74) is 1.88. The highest BCUT2D eigenvalue weighted by Gasteiger charge is 2.56. The number of aliphatic hydroxyl groups is 2. The first kappa shape index (κ1) is 14.1. The van der Waals surface area contributed by atoms with Gasteiger partial charge in [0, 0.05) is 5.41 Å². The summed E-state index contributed by atoms with van der Waals surface area (Å²) in [6, 6.07) is 0. The normalized spacial score (nSPS) is 41.2. The molecule has 0 aromatic rings. The van der Waals surface area contributed by atoms with E-state index < -0.39 is 5.60 Å². The molecule has 0 aromatic carbocycles. The van der Waals surface area contributed by atoms with E-state index in [1.807, 2.05) is 13.8 Å². The zero-order valence-corrected chi connectivity index (χ0v) is 12.5. The van der Waals surface area contributed by atoms with Crippen molar-refractivity contribution in [2.75, 3.05) is 0 Å². The molecule has 1 fully saturated rings. The molecule has 0 aromatic heterocycles. The second-order valence-electron chi connectivity index (χ2n) is 7.71. The van der Waals surface area contributed by atoms with E-state index in [9.17, 15) is 10.2 Å². The van der Waals surface area contributed by atoms with E-state index in [4.69, 9.17) is 0 Å². The fraction of sp³-hybridized carbons (Fsp3) is 0.875. The molecule has 1 saturated carbocycles. The lowest BCUT2D eigenvalue weighted by Crippen LogP contribution is -2.48. The number of allylic oxidation sites excluding steroid dienone is 1. The Balaban J connectivity index is 2.37. The molecule has 18 heavy (non-hydrogen) atoms. The highest BCUT2D eigenvalue weighted by atomic mass is 16.3. The maximum Gasteiger partial charge on any atom is 0.0812 e. The topological polar surface area (TPSA) is 40.5 Å². The van der Waals surface area contributed by atoms with E-state index in [0.29, 0.717) is 6.42 Å². The summed E-state index contributed by atoms with van der Waals surface area (Å²) in [5, 5.41) is 20.9. The Morgan fingerprint density at radius 1 is 1.28 bits per heavy atom. The predicted molar refractivity (Wildman–Crippen MR) is 74.3 cm³/mol. The summed E-state index contributed by atoms with van der Waals surface area (Å²) in [6.45, 7) is 10.3. The van der Waals surface area contributed by atoms with Crippen LogP contribution in [0.2, 0.25) is 0 Å². The lowest BCUT2D eigenvalue weighted by Gasteiger charge is -2.50. The number of hydrogen-bond donors (Lipinski definition) is 2. The van der Waals surface area contributed by atoms with Crippen molar-refractivity contribution < 1.29 is 10.2 Å². The van der Waals surface area contributed by atoms with Crippen LogP contribution in [0.3, 0.4) is 0 Å². The van der Waals surface area contributed by atoms with E-state index >= 15 is 0 Å². The van der Waals surface area contributed by atoms with Gasteiger partial charge in [0.25, 0.3) is 0 Å². The first-order valence-corrected chi connectivity index (χ1v) is 7.18. The molecule has 0 heterocycles. The molecular formula is C16H28O2. The minimum absolute atomic E-state index is 0.00685. The average Bonchev–Trinajstić information content (AvgIpc) is 2.49. The minimum Gasteiger partial charge on any atom is -0.390 e. The summed E-state index contributed by atoms with van der Waals surface area (Å²) in [6.07, 6.45) is 4.82. The van der Waals surface area contributed by atoms with Crippen molar-refractivity contribution in [3.05, 3.63) is 11.1 Å². The van der Waals surface area contributed by atoms with Gasteiger partial charge in [-0.05, 0) is 57.4 Å². The molecule has 2 nitrogen and oxygen atoms in total. The van der Waals surface area contributed by atoms with Gasteiger partial charge in [-0.25, -0.2) is 0 Å². The molecule has 0 bridgehead atoms. The molecule has 0 radical (unpaired) electrons. The third-order valence-corrected chi connectivity index (χ3v) is 5.56. The van der Waals surface area contributed by atoms with Gasteiger partial charge in [-0.2, -0.15) is 0 Å². The van der Waals surface area contributed by atoms with Crippen LogP contribution in [0.5, 0.6) is 0 Å². The highest BCUT2D eigenvalue weighted by Crippen LogP contribution is 2.62. The van der Waals surface area contributed by atoms with Crippen LogP contribution < -0.4 is 0 Å². The molecule has 0 saturated heterocycles. The van der Waals surface area contributed by atoms with E-state index in [1.54, 1.807) is 0 Å². The Morgan fingerprint density at radius 3 is 2.44 bits per heavy atom. The zero-order chi connectivity index (χ0) is 13.8. The van der Waals surface area contributed by atoms with Crippen LogP contribution in [0.15, 0.2) is 11.1 Å². The van der Waals surface area contributed by atoms with Crippen LogP contribution in [-0.4, -0.2) is 21.9 Å². The van der Waals surface area contributed by atoms with Gasteiger partial charge in [0.2, 0.25) is 0 Å². The molecule has 3 unspecified atom stereocenters. The maximum absolute atomic E-state index is 10.8. The largest absolute Gasteiger partial charge is 0.390 e. The van der Waals surface area contributed by atoms with Gasteiger partial charge in [0.05, 0.1) is 11.7 Å². The minimum atomic E-state index is -0.736. The third-order valence-electron chi connectivity index (χ3n) is 5.56. The van der Waals surface area contributed by atoms with Crippen molar-refractivity contribution in [3.63, 3.8) is 0 Å². The van der Waals surface area contributed by atoms with Crippen molar-refractivity contribution in [2.45, 2.75) is 78.4 Å². The summed E-state index contributed by atoms with van der Waals surface area (Å²) < 4.78 is 0. The van der Waals surface area contributed by atoms with Crippen LogP contribution in [0.4, 0.5) is 0 Å². The molecule has 2 rings (SSSR count). The van der Waals surface area contributed by atoms with Crippen LogP contribution in [0, 0.1) is 10.8 Å². The molecule has 0 spiro atoms. The van der Waals surface area contributed by atoms with Crippen molar-refractivity contribution in [3.8, 4) is 0 Å². The first-order valence-electron chi connectivity index (χ1n) is 7.18. The van der Waals surface area contributed by atoms with Gasteiger partial charge < -0.3 is 10.2 Å². The van der Waals surface area contributed by atoms with Gasteiger partial charge in [0.15, 0.2) is 0 Å². The van der Waals surface area contributed by atoms with Crippen LogP contribution >= 0.6 is 0 Å². The van der Waals surface area contributed by atoms with Crippen molar-refractivity contribution in [1.29, 1.82) is 0 Å². The lowest BCUT2D eigenvalue weighted by molar-refractivity contribution is -0.0367. The van der Waals surface area contributed by atoms with Crippen LogP contribution in [-0.2, 0) is 0 Å². The second-order valence-corrected chi connectivity index (χ2v) is 7.71. The van der Waals surface area contributed by atoms with Gasteiger partial charge in [-0.3, -0.25) is 0 Å². The van der Waals surface area contributed by atoms with E-state index in [1.165, 1.54) is 18.4 Å². The molecular weight excluding hydrogens is 224 g/mol. The van der Waals surface area contributed by atoms with Crippen LogP contribution in [0.1, 0.15) is 66.7 Å². The Kier molecular flexibility index (Phi) is 3.19. The van der Waals surface area contributed by atoms with E-state index in [-0.39, 0.29) is 16.9 Å². The highest BCUT2D eigenvalue weighted by molar-refractivity contribution is 5.30. The predicted octanol–water partition coefficient (Wildman–Crippen LogP) is 3.43. The number of hydrogen-bond acceptors (Lipinski definition) is 2. The molecule has 2 N–H and O–H groups in total. The standard InChI is InChI=1S/C16H28O2/c1-11-9-15(4)7-6-8-16(15,5)13(17)12(11)10-14(2,3)18/h13,17-18H,6-10H2,1-5H3. The molecule has 2 heteroatoms. The van der Waals surface area contributed by atoms with Crippen molar-refractivity contribution in [2.24, 2.45) is 10.8 Å². The molecule has 0 amide bonds. The maximum atomic E-state index is 10.8. The third kappa shape index (κ3) is 2.04. The first-order chi connectivity index (χ1) is 8.09. The molecule has 2 aliphatic rings. The molecule has 2 aliphatic carbocycles. The Labute approximate surface area is 111 Å². The summed E-state index contributed by atoms with van der Waals surface area (Å²) in [4.78, 5) is 0. The number of fused-ring (bicyclic) bond motifs is 1. The monoisotopic (exact) mass is 252 g/mol. The molecule has 104 valence electrons. The van der Waals surface area contributed by atoms with Gasteiger partial charge in [-0.1, -0.05) is 25.8 Å². The number of rotatable bonds is 2. The lowest BCUT2D eigenvalue weighted by atomic mass is 9.56. The summed E-state index contributed by atoms with van der Waals surface area (Å²) in [7, 11) is 0. The zero-order valence-electron chi connectivity index (χ0n) is 12.5. The Morgan fingerprint density at radius 2 is 1.89 bits per heavy atom. The summed E-state index contributed by atoms with van der Waals surface area (Å²) >= 11 is 0.